The molecule has 1 aromatic heterocycles. The Balaban J connectivity index is 1.51. The second-order valence-corrected chi connectivity index (χ2v) is 6.68. The van der Waals surface area contributed by atoms with E-state index < -0.39 is 0 Å². The van der Waals surface area contributed by atoms with Gasteiger partial charge in [0, 0.05) is 30.8 Å². The van der Waals surface area contributed by atoms with Gasteiger partial charge in [-0.25, -0.2) is 0 Å². The van der Waals surface area contributed by atoms with E-state index in [-0.39, 0.29) is 5.91 Å². The fraction of sp³-hybridized carbons (Fsp3) is 0.286. The van der Waals surface area contributed by atoms with E-state index in [1.165, 1.54) is 11.1 Å². The van der Waals surface area contributed by atoms with Crippen molar-refractivity contribution < 1.29 is 4.79 Å². The highest BCUT2D eigenvalue weighted by molar-refractivity contribution is 5.95. The molecule has 3 aromatic rings. The number of benzene rings is 2. The van der Waals surface area contributed by atoms with Gasteiger partial charge in [0.05, 0.1) is 0 Å². The molecule has 26 heavy (non-hydrogen) atoms. The molecular weight excluding hydrogens is 324 g/mol. The zero-order valence-corrected chi connectivity index (χ0v) is 14.9. The maximum absolute atomic E-state index is 12.9. The Hall–Kier alpha value is -2.95. The number of carbonyl (C=O) groups excluding carboxylic acids is 1. The van der Waals surface area contributed by atoms with Crippen molar-refractivity contribution in [1.29, 1.82) is 0 Å². The Labute approximate surface area is 153 Å². The molecule has 1 amide bonds. The summed E-state index contributed by atoms with van der Waals surface area (Å²) in [6.07, 6.45) is 4.77. The van der Waals surface area contributed by atoms with Crippen LogP contribution in [-0.2, 0) is 17.6 Å². The minimum atomic E-state index is 0.155. The van der Waals surface area contributed by atoms with E-state index in [0.29, 0.717) is 12.8 Å². The lowest BCUT2D eigenvalue weighted by Crippen LogP contribution is -2.36. The van der Waals surface area contributed by atoms with Crippen LogP contribution < -0.4 is 4.90 Å². The molecule has 132 valence electrons. The first-order valence-corrected chi connectivity index (χ1v) is 9.07. The van der Waals surface area contributed by atoms with Crippen molar-refractivity contribution in [3.05, 3.63) is 71.8 Å². The lowest BCUT2D eigenvalue weighted by molar-refractivity contribution is -0.118. The molecule has 0 saturated heterocycles. The van der Waals surface area contributed by atoms with Gasteiger partial charge in [0.15, 0.2) is 0 Å². The van der Waals surface area contributed by atoms with Gasteiger partial charge in [-0.2, -0.15) is 0 Å². The Morgan fingerprint density at radius 1 is 1.12 bits per heavy atom. The molecule has 0 atom stereocenters. The van der Waals surface area contributed by atoms with Gasteiger partial charge in [0.2, 0.25) is 5.91 Å². The molecule has 0 fully saturated rings. The maximum atomic E-state index is 12.9. The zero-order chi connectivity index (χ0) is 17.9. The van der Waals surface area contributed by atoms with Crippen molar-refractivity contribution in [3.8, 4) is 5.69 Å². The van der Waals surface area contributed by atoms with Gasteiger partial charge in [-0.1, -0.05) is 36.4 Å². The van der Waals surface area contributed by atoms with E-state index >= 15 is 0 Å². The van der Waals surface area contributed by atoms with E-state index in [0.717, 1.165) is 36.6 Å². The zero-order valence-electron chi connectivity index (χ0n) is 14.9. The molecule has 2 aromatic carbocycles. The van der Waals surface area contributed by atoms with Crippen LogP contribution in [0.1, 0.15) is 29.8 Å². The summed E-state index contributed by atoms with van der Waals surface area (Å²) in [6, 6.07) is 16.3. The SMILES string of the molecule is Cc1cccc2c1N(C(=O)CCc1nncn1-c1ccccc1)CCC2. The van der Waals surface area contributed by atoms with Crippen LogP contribution in [-0.4, -0.2) is 27.2 Å². The third-order valence-corrected chi connectivity index (χ3v) is 4.94. The molecule has 0 N–H and O–H groups in total. The first-order chi connectivity index (χ1) is 12.7. The lowest BCUT2D eigenvalue weighted by atomic mass is 9.98. The topological polar surface area (TPSA) is 51.0 Å². The first kappa shape index (κ1) is 16.5. The Morgan fingerprint density at radius 2 is 1.96 bits per heavy atom. The predicted molar refractivity (Wildman–Crippen MR) is 102 cm³/mol. The summed E-state index contributed by atoms with van der Waals surface area (Å²) in [7, 11) is 0. The average molecular weight is 346 g/mol. The largest absolute Gasteiger partial charge is 0.312 e. The van der Waals surface area contributed by atoms with Crippen LogP contribution in [0.3, 0.4) is 0 Å². The van der Waals surface area contributed by atoms with Crippen LogP contribution in [0.15, 0.2) is 54.9 Å². The highest BCUT2D eigenvalue weighted by atomic mass is 16.2. The van der Waals surface area contributed by atoms with Gasteiger partial charge < -0.3 is 4.90 Å². The molecule has 1 aliphatic heterocycles. The number of rotatable bonds is 4. The third kappa shape index (κ3) is 3.12. The van der Waals surface area contributed by atoms with Crippen molar-refractivity contribution in [3.63, 3.8) is 0 Å². The van der Waals surface area contributed by atoms with E-state index in [4.69, 9.17) is 0 Å². The molecule has 2 heterocycles. The minimum Gasteiger partial charge on any atom is -0.312 e. The Morgan fingerprint density at radius 3 is 2.81 bits per heavy atom. The van der Waals surface area contributed by atoms with Gasteiger partial charge in [0.25, 0.3) is 0 Å². The van der Waals surface area contributed by atoms with E-state index in [2.05, 4.69) is 35.3 Å². The number of aromatic nitrogens is 3. The Kier molecular flexibility index (Phi) is 4.52. The molecule has 5 heteroatoms. The number of nitrogens with zero attached hydrogens (tertiary/aromatic N) is 4. The van der Waals surface area contributed by atoms with Crippen LogP contribution in [0.5, 0.6) is 0 Å². The van der Waals surface area contributed by atoms with Crippen LogP contribution in [0.2, 0.25) is 0 Å². The molecule has 0 saturated carbocycles. The number of carbonyl (C=O) groups is 1. The number of hydrogen-bond donors (Lipinski definition) is 0. The van der Waals surface area contributed by atoms with Gasteiger partial charge in [-0.15, -0.1) is 10.2 Å². The van der Waals surface area contributed by atoms with Crippen molar-refractivity contribution in [2.24, 2.45) is 0 Å². The number of anilines is 1. The number of hydrogen-bond acceptors (Lipinski definition) is 3. The summed E-state index contributed by atoms with van der Waals surface area (Å²) in [5.74, 6) is 0.967. The van der Waals surface area contributed by atoms with Crippen molar-refractivity contribution in [2.45, 2.75) is 32.6 Å². The van der Waals surface area contributed by atoms with Crippen LogP contribution in [0.25, 0.3) is 5.69 Å². The third-order valence-electron chi connectivity index (χ3n) is 4.94. The highest BCUT2D eigenvalue weighted by Gasteiger charge is 2.24. The summed E-state index contributed by atoms with van der Waals surface area (Å²) in [5.41, 5.74) is 4.56. The molecule has 0 unspecified atom stereocenters. The molecule has 5 nitrogen and oxygen atoms in total. The van der Waals surface area contributed by atoms with Gasteiger partial charge in [-0.05, 0) is 43.0 Å². The molecule has 4 rings (SSSR count). The normalized spacial score (nSPS) is 13.5. The molecule has 0 spiro atoms. The number of fused-ring (bicyclic) bond motifs is 1. The molecular formula is C21H22N4O. The summed E-state index contributed by atoms with van der Waals surface area (Å²) in [5, 5.41) is 8.24. The van der Waals surface area contributed by atoms with Crippen LogP contribution in [0, 0.1) is 6.92 Å². The van der Waals surface area contributed by atoms with Crippen LogP contribution in [0.4, 0.5) is 5.69 Å². The van der Waals surface area contributed by atoms with E-state index in [9.17, 15) is 4.79 Å². The van der Waals surface area contributed by atoms with E-state index in [1.807, 2.05) is 39.8 Å². The van der Waals surface area contributed by atoms with E-state index in [1.54, 1.807) is 6.33 Å². The summed E-state index contributed by atoms with van der Waals surface area (Å²) < 4.78 is 1.95. The summed E-state index contributed by atoms with van der Waals surface area (Å²) in [6.45, 7) is 2.87. The van der Waals surface area contributed by atoms with Gasteiger partial charge in [0.1, 0.15) is 12.2 Å². The van der Waals surface area contributed by atoms with Crippen LogP contribution >= 0.6 is 0 Å². The fourth-order valence-corrected chi connectivity index (χ4v) is 3.68. The molecule has 0 bridgehead atoms. The summed E-state index contributed by atoms with van der Waals surface area (Å²) in [4.78, 5) is 14.9. The fourth-order valence-electron chi connectivity index (χ4n) is 3.68. The Bertz CT molecular complexity index is 917. The molecule has 1 aliphatic rings. The van der Waals surface area contributed by atoms with Gasteiger partial charge in [-0.3, -0.25) is 9.36 Å². The minimum absolute atomic E-state index is 0.155. The molecule has 0 radical (unpaired) electrons. The van der Waals surface area contributed by atoms with Crippen molar-refractivity contribution in [1.82, 2.24) is 14.8 Å². The quantitative estimate of drug-likeness (QED) is 0.727. The predicted octanol–water partition coefficient (Wildman–Crippen LogP) is 3.49. The average Bonchev–Trinajstić information content (AvgIpc) is 3.15. The second-order valence-electron chi connectivity index (χ2n) is 6.68. The highest BCUT2D eigenvalue weighted by Crippen LogP contribution is 2.31. The summed E-state index contributed by atoms with van der Waals surface area (Å²) >= 11 is 0. The monoisotopic (exact) mass is 346 g/mol. The number of aryl methyl sites for hydroxylation is 3. The second kappa shape index (κ2) is 7.12. The number of para-hydroxylation sites is 2. The standard InChI is InChI=1S/C21H22N4O/c1-16-7-5-8-17-9-6-14-24(21(16)17)20(26)13-12-19-23-22-15-25(19)18-10-3-2-4-11-18/h2-5,7-8,10-11,15H,6,9,12-14H2,1H3. The van der Waals surface area contributed by atoms with Crippen molar-refractivity contribution in [2.75, 3.05) is 11.4 Å². The van der Waals surface area contributed by atoms with Crippen molar-refractivity contribution >= 4 is 11.6 Å². The smallest absolute Gasteiger partial charge is 0.227 e. The molecule has 0 aliphatic carbocycles. The maximum Gasteiger partial charge on any atom is 0.227 e. The number of amides is 1. The lowest BCUT2D eigenvalue weighted by Gasteiger charge is -2.31. The van der Waals surface area contributed by atoms with Gasteiger partial charge >= 0.3 is 0 Å². The first-order valence-electron chi connectivity index (χ1n) is 9.07.